The van der Waals surface area contributed by atoms with Crippen molar-refractivity contribution in [3.63, 3.8) is 0 Å². The largest absolute Gasteiger partial charge is 0.322 e. The molecule has 2 aromatic rings. The molecule has 0 bridgehead atoms. The molecule has 0 fully saturated rings. The summed E-state index contributed by atoms with van der Waals surface area (Å²) in [5.74, 6) is -0.166. The maximum Gasteiger partial charge on any atom is 0.248 e. The van der Waals surface area contributed by atoms with E-state index in [0.717, 1.165) is 11.1 Å². The summed E-state index contributed by atoms with van der Waals surface area (Å²) in [7, 11) is 0. The quantitative estimate of drug-likeness (QED) is 0.830. The minimum absolute atomic E-state index is 0.166. The van der Waals surface area contributed by atoms with Crippen LogP contribution in [0.25, 0.3) is 6.08 Å². The van der Waals surface area contributed by atoms with Crippen LogP contribution in [0.15, 0.2) is 41.1 Å². The zero-order valence-electron chi connectivity index (χ0n) is 9.81. The summed E-state index contributed by atoms with van der Waals surface area (Å²) >= 11 is 7.59. The van der Waals surface area contributed by atoms with Crippen molar-refractivity contribution < 1.29 is 4.79 Å². The van der Waals surface area contributed by atoms with E-state index in [1.807, 2.05) is 35.9 Å². The van der Waals surface area contributed by atoms with Gasteiger partial charge in [-0.05, 0) is 53.1 Å². The summed E-state index contributed by atoms with van der Waals surface area (Å²) < 4.78 is 0. The van der Waals surface area contributed by atoms with Crippen molar-refractivity contribution in [3.05, 3.63) is 57.3 Å². The van der Waals surface area contributed by atoms with Crippen LogP contribution in [0.5, 0.6) is 0 Å². The second-order valence-corrected chi connectivity index (χ2v) is 5.03. The minimum atomic E-state index is -0.166. The van der Waals surface area contributed by atoms with Gasteiger partial charge in [0.15, 0.2) is 0 Å². The molecule has 1 aromatic carbocycles. The van der Waals surface area contributed by atoms with Crippen LogP contribution in [-0.2, 0) is 4.79 Å². The molecule has 2 nitrogen and oxygen atoms in total. The molecule has 92 valence electrons. The van der Waals surface area contributed by atoms with E-state index < -0.39 is 0 Å². The molecule has 0 aliphatic carbocycles. The second-order valence-electron chi connectivity index (χ2n) is 3.84. The molecule has 0 unspecified atom stereocenters. The third kappa shape index (κ3) is 3.45. The molecule has 0 radical (unpaired) electrons. The fourth-order valence-corrected chi connectivity index (χ4v) is 2.21. The van der Waals surface area contributed by atoms with Crippen molar-refractivity contribution in [3.8, 4) is 0 Å². The van der Waals surface area contributed by atoms with E-state index in [4.69, 9.17) is 11.6 Å². The van der Waals surface area contributed by atoms with E-state index in [1.54, 1.807) is 23.5 Å². The number of thiophene rings is 1. The lowest BCUT2D eigenvalue weighted by Gasteiger charge is -2.04. The summed E-state index contributed by atoms with van der Waals surface area (Å²) in [6, 6.07) is 7.41. The molecule has 4 heteroatoms. The smallest absolute Gasteiger partial charge is 0.248 e. The lowest BCUT2D eigenvalue weighted by Crippen LogP contribution is -2.07. The molecule has 0 saturated heterocycles. The fourth-order valence-electron chi connectivity index (χ4n) is 1.40. The fraction of sp³-hybridized carbons (Fsp3) is 0.0714. The van der Waals surface area contributed by atoms with Crippen molar-refractivity contribution in [2.24, 2.45) is 0 Å². The molecule has 1 N–H and O–H groups in total. The summed E-state index contributed by atoms with van der Waals surface area (Å²) in [4.78, 5) is 11.7. The van der Waals surface area contributed by atoms with Gasteiger partial charge in [-0.1, -0.05) is 17.7 Å². The summed E-state index contributed by atoms with van der Waals surface area (Å²) in [6.07, 6.45) is 3.29. The molecular formula is C14H12ClNOS. The molecule has 0 saturated carbocycles. The Morgan fingerprint density at radius 1 is 1.39 bits per heavy atom. The van der Waals surface area contributed by atoms with Gasteiger partial charge in [-0.2, -0.15) is 11.3 Å². The number of carbonyl (C=O) groups is 1. The lowest BCUT2D eigenvalue weighted by molar-refractivity contribution is -0.111. The topological polar surface area (TPSA) is 29.1 Å². The first kappa shape index (κ1) is 12.9. The van der Waals surface area contributed by atoms with Crippen LogP contribution >= 0.6 is 22.9 Å². The molecule has 0 atom stereocenters. The van der Waals surface area contributed by atoms with Crippen molar-refractivity contribution in [1.82, 2.24) is 0 Å². The van der Waals surface area contributed by atoms with Crippen LogP contribution < -0.4 is 5.32 Å². The standard InChI is InChI=1S/C14H12ClNOS/c1-10-2-4-12(8-13(10)15)16-14(17)5-3-11-6-7-18-9-11/h2-9H,1H3,(H,16,17)/b5-3+. The zero-order valence-corrected chi connectivity index (χ0v) is 11.4. The maximum atomic E-state index is 11.7. The molecule has 0 aliphatic heterocycles. The summed E-state index contributed by atoms with van der Waals surface area (Å²) in [6.45, 7) is 1.92. The third-order valence-electron chi connectivity index (χ3n) is 2.41. The van der Waals surface area contributed by atoms with Crippen LogP contribution in [0.1, 0.15) is 11.1 Å². The first-order valence-corrected chi connectivity index (χ1v) is 6.74. The van der Waals surface area contributed by atoms with Crippen LogP contribution in [0.4, 0.5) is 5.69 Å². The Balaban J connectivity index is 2.01. The molecule has 0 spiro atoms. The van der Waals surface area contributed by atoms with E-state index in [1.165, 1.54) is 6.08 Å². The number of benzene rings is 1. The maximum absolute atomic E-state index is 11.7. The molecular weight excluding hydrogens is 266 g/mol. The number of nitrogens with one attached hydrogen (secondary N) is 1. The van der Waals surface area contributed by atoms with E-state index in [9.17, 15) is 4.79 Å². The van der Waals surface area contributed by atoms with Gasteiger partial charge in [-0.3, -0.25) is 4.79 Å². The van der Waals surface area contributed by atoms with Gasteiger partial charge in [-0.25, -0.2) is 0 Å². The number of aryl methyl sites for hydroxylation is 1. The Morgan fingerprint density at radius 2 is 2.22 bits per heavy atom. The molecule has 1 amide bonds. The van der Waals surface area contributed by atoms with E-state index in [-0.39, 0.29) is 5.91 Å². The van der Waals surface area contributed by atoms with Crippen molar-refractivity contribution in [1.29, 1.82) is 0 Å². The van der Waals surface area contributed by atoms with Crippen LogP contribution in [0.2, 0.25) is 5.02 Å². The summed E-state index contributed by atoms with van der Waals surface area (Å²) in [5.41, 5.74) is 2.71. The van der Waals surface area contributed by atoms with Crippen molar-refractivity contribution in [2.45, 2.75) is 6.92 Å². The van der Waals surface area contributed by atoms with Gasteiger partial charge in [0.2, 0.25) is 5.91 Å². The first-order chi connectivity index (χ1) is 8.65. The molecule has 1 heterocycles. The first-order valence-electron chi connectivity index (χ1n) is 5.42. The van der Waals surface area contributed by atoms with Crippen LogP contribution in [-0.4, -0.2) is 5.91 Å². The Hall–Kier alpha value is -1.58. The number of rotatable bonds is 3. The molecule has 18 heavy (non-hydrogen) atoms. The normalized spacial score (nSPS) is 10.8. The van der Waals surface area contributed by atoms with E-state index >= 15 is 0 Å². The average Bonchev–Trinajstić information content (AvgIpc) is 2.84. The highest BCUT2D eigenvalue weighted by Gasteiger charge is 2.00. The predicted molar refractivity (Wildman–Crippen MR) is 78.2 cm³/mol. The van der Waals surface area contributed by atoms with Gasteiger partial charge < -0.3 is 5.32 Å². The number of carbonyl (C=O) groups excluding carboxylic acids is 1. The highest BCUT2D eigenvalue weighted by atomic mass is 35.5. The van der Waals surface area contributed by atoms with Crippen LogP contribution in [0, 0.1) is 6.92 Å². The Kier molecular flexibility index (Phi) is 4.18. The Labute approximate surface area is 115 Å². The Morgan fingerprint density at radius 3 is 2.89 bits per heavy atom. The van der Waals surface area contributed by atoms with Crippen molar-refractivity contribution in [2.75, 3.05) is 5.32 Å². The molecule has 1 aromatic heterocycles. The monoisotopic (exact) mass is 277 g/mol. The SMILES string of the molecule is Cc1ccc(NC(=O)/C=C/c2ccsc2)cc1Cl. The highest BCUT2D eigenvalue weighted by Crippen LogP contribution is 2.19. The lowest BCUT2D eigenvalue weighted by atomic mass is 10.2. The number of hydrogen-bond acceptors (Lipinski definition) is 2. The minimum Gasteiger partial charge on any atom is -0.322 e. The van der Waals surface area contributed by atoms with Gasteiger partial charge in [-0.15, -0.1) is 0 Å². The third-order valence-corrected chi connectivity index (χ3v) is 3.52. The number of anilines is 1. The highest BCUT2D eigenvalue weighted by molar-refractivity contribution is 7.08. The summed E-state index contributed by atoms with van der Waals surface area (Å²) in [5, 5.41) is 7.36. The zero-order chi connectivity index (χ0) is 13.0. The van der Waals surface area contributed by atoms with E-state index in [2.05, 4.69) is 5.32 Å². The molecule has 0 aliphatic rings. The van der Waals surface area contributed by atoms with Gasteiger partial charge in [0.05, 0.1) is 0 Å². The average molecular weight is 278 g/mol. The van der Waals surface area contributed by atoms with Gasteiger partial charge >= 0.3 is 0 Å². The second kappa shape index (κ2) is 5.85. The number of halogens is 1. The predicted octanol–water partition coefficient (Wildman–Crippen LogP) is 4.36. The molecule has 2 rings (SSSR count). The van der Waals surface area contributed by atoms with E-state index in [0.29, 0.717) is 10.7 Å². The number of hydrogen-bond donors (Lipinski definition) is 1. The number of amides is 1. The Bertz CT molecular complexity index is 575. The van der Waals surface area contributed by atoms with Gasteiger partial charge in [0.25, 0.3) is 0 Å². The van der Waals surface area contributed by atoms with Gasteiger partial charge in [0.1, 0.15) is 0 Å². The van der Waals surface area contributed by atoms with Crippen molar-refractivity contribution >= 4 is 40.6 Å². The van der Waals surface area contributed by atoms with Crippen LogP contribution in [0.3, 0.4) is 0 Å². The van der Waals surface area contributed by atoms with Gasteiger partial charge in [0, 0.05) is 16.8 Å².